The molecule has 6 heteroatoms. The van der Waals surface area contributed by atoms with Gasteiger partial charge in [-0.3, -0.25) is 14.6 Å². The number of fused-ring (bicyclic) bond motifs is 1. The van der Waals surface area contributed by atoms with Gasteiger partial charge in [0.2, 0.25) is 0 Å². The van der Waals surface area contributed by atoms with Crippen molar-refractivity contribution in [2.24, 2.45) is 5.92 Å². The van der Waals surface area contributed by atoms with Crippen molar-refractivity contribution in [1.29, 1.82) is 0 Å². The number of nitrogens with zero attached hydrogens (tertiary/aromatic N) is 4. The summed E-state index contributed by atoms with van der Waals surface area (Å²) in [5, 5.41) is 4.50. The predicted molar refractivity (Wildman–Crippen MR) is 103 cm³/mol. The maximum Gasteiger partial charge on any atom is 0.0887 e. The Bertz CT molecular complexity index is 829. The molecule has 136 valence electrons. The Kier molecular flexibility index (Phi) is 5.43. The van der Waals surface area contributed by atoms with Crippen molar-refractivity contribution < 1.29 is 4.74 Å². The molecule has 0 saturated carbocycles. The molecule has 1 atom stereocenters. The van der Waals surface area contributed by atoms with Crippen LogP contribution >= 0.6 is 11.3 Å². The maximum atomic E-state index is 5.98. The third-order valence-electron chi connectivity index (χ3n) is 4.64. The third-order valence-corrected chi connectivity index (χ3v) is 5.63. The van der Waals surface area contributed by atoms with Gasteiger partial charge in [-0.15, -0.1) is 11.3 Å². The zero-order chi connectivity index (χ0) is 17.8. The van der Waals surface area contributed by atoms with E-state index in [1.54, 1.807) is 0 Å². The number of hydrogen-bond acceptors (Lipinski definition) is 5. The molecule has 0 saturated heterocycles. The van der Waals surface area contributed by atoms with E-state index in [0.717, 1.165) is 38.5 Å². The van der Waals surface area contributed by atoms with Gasteiger partial charge in [0.25, 0.3) is 0 Å². The molecule has 3 aromatic heterocycles. The zero-order valence-corrected chi connectivity index (χ0v) is 15.9. The summed E-state index contributed by atoms with van der Waals surface area (Å²) in [7, 11) is 0. The van der Waals surface area contributed by atoms with E-state index in [2.05, 4.69) is 44.8 Å². The number of ether oxygens (including phenoxy) is 1. The minimum atomic E-state index is 0.418. The number of thiophene rings is 1. The molecule has 0 aliphatic carbocycles. The highest BCUT2D eigenvalue weighted by Crippen LogP contribution is 2.22. The van der Waals surface area contributed by atoms with Gasteiger partial charge in [-0.2, -0.15) is 5.10 Å². The van der Waals surface area contributed by atoms with Crippen molar-refractivity contribution >= 4 is 11.3 Å². The van der Waals surface area contributed by atoms with Gasteiger partial charge < -0.3 is 4.74 Å². The van der Waals surface area contributed by atoms with Crippen molar-refractivity contribution in [1.82, 2.24) is 19.7 Å². The van der Waals surface area contributed by atoms with Gasteiger partial charge in [-0.25, -0.2) is 0 Å². The zero-order valence-electron chi connectivity index (χ0n) is 15.0. The van der Waals surface area contributed by atoms with E-state index in [1.807, 2.05) is 41.9 Å². The van der Waals surface area contributed by atoms with Crippen LogP contribution in [0.1, 0.15) is 21.1 Å². The summed E-state index contributed by atoms with van der Waals surface area (Å²) in [4.78, 5) is 9.63. The van der Waals surface area contributed by atoms with Crippen LogP contribution in [0.5, 0.6) is 0 Å². The van der Waals surface area contributed by atoms with Crippen molar-refractivity contribution in [2.45, 2.75) is 33.2 Å². The average molecular weight is 369 g/mol. The Morgan fingerprint density at radius 3 is 2.92 bits per heavy atom. The van der Waals surface area contributed by atoms with Gasteiger partial charge in [-0.1, -0.05) is 6.07 Å². The first-order chi connectivity index (χ1) is 12.8. The Morgan fingerprint density at radius 1 is 1.15 bits per heavy atom. The van der Waals surface area contributed by atoms with E-state index in [1.165, 1.54) is 15.4 Å². The second-order valence-electron chi connectivity index (χ2n) is 6.89. The highest BCUT2D eigenvalue weighted by molar-refractivity contribution is 7.11. The smallest absolute Gasteiger partial charge is 0.0887 e. The van der Waals surface area contributed by atoms with Gasteiger partial charge in [0.1, 0.15) is 0 Å². The number of pyridine rings is 1. The van der Waals surface area contributed by atoms with Crippen molar-refractivity contribution in [3.63, 3.8) is 0 Å². The normalized spacial score (nSPS) is 17.8. The Morgan fingerprint density at radius 2 is 2.12 bits per heavy atom. The van der Waals surface area contributed by atoms with Crippen molar-refractivity contribution in [3.05, 3.63) is 69.9 Å². The summed E-state index contributed by atoms with van der Waals surface area (Å²) in [6.07, 6.45) is 3.71. The summed E-state index contributed by atoms with van der Waals surface area (Å²) >= 11 is 1.88. The second-order valence-corrected chi connectivity index (χ2v) is 8.26. The minimum absolute atomic E-state index is 0.418. The second kappa shape index (κ2) is 8.12. The van der Waals surface area contributed by atoms with Crippen LogP contribution in [0.15, 0.2) is 48.8 Å². The molecule has 0 amide bonds. The molecule has 4 rings (SSSR count). The maximum absolute atomic E-state index is 5.98. The molecule has 1 aliphatic rings. The first-order valence-corrected chi connectivity index (χ1v) is 9.84. The molecular weight excluding hydrogens is 344 g/mol. The summed E-state index contributed by atoms with van der Waals surface area (Å²) < 4.78 is 8.11. The molecule has 0 radical (unpaired) electrons. The van der Waals surface area contributed by atoms with Crippen LogP contribution in [0, 0.1) is 12.8 Å². The molecule has 1 aliphatic heterocycles. The van der Waals surface area contributed by atoms with E-state index >= 15 is 0 Å². The van der Waals surface area contributed by atoms with Gasteiger partial charge in [0, 0.05) is 54.2 Å². The van der Waals surface area contributed by atoms with Crippen LogP contribution < -0.4 is 0 Å². The van der Waals surface area contributed by atoms with Gasteiger partial charge in [0.15, 0.2) is 0 Å². The molecule has 0 aromatic carbocycles. The topological polar surface area (TPSA) is 43.2 Å². The van der Waals surface area contributed by atoms with E-state index < -0.39 is 0 Å². The van der Waals surface area contributed by atoms with Gasteiger partial charge in [0.05, 0.1) is 24.6 Å². The highest BCUT2D eigenvalue weighted by Gasteiger charge is 2.23. The van der Waals surface area contributed by atoms with Gasteiger partial charge in [-0.05, 0) is 37.3 Å². The molecule has 0 fully saturated rings. The van der Waals surface area contributed by atoms with Crippen LogP contribution in [0.25, 0.3) is 0 Å². The number of aromatic nitrogens is 3. The lowest BCUT2D eigenvalue weighted by Gasteiger charge is -2.23. The molecule has 0 bridgehead atoms. The van der Waals surface area contributed by atoms with Crippen LogP contribution in [0.4, 0.5) is 0 Å². The fourth-order valence-corrected chi connectivity index (χ4v) is 4.38. The van der Waals surface area contributed by atoms with Crippen molar-refractivity contribution in [3.8, 4) is 0 Å². The summed E-state index contributed by atoms with van der Waals surface area (Å²) in [6.45, 7) is 7.30. The Labute approximate surface area is 158 Å². The largest absolute Gasteiger partial charge is 0.375 e. The molecule has 0 spiro atoms. The summed E-state index contributed by atoms with van der Waals surface area (Å²) in [5.74, 6) is 0.418. The van der Waals surface area contributed by atoms with Crippen LogP contribution in [0.3, 0.4) is 0 Å². The minimum Gasteiger partial charge on any atom is -0.375 e. The number of hydrogen-bond donors (Lipinski definition) is 0. The highest BCUT2D eigenvalue weighted by atomic mass is 32.1. The average Bonchev–Trinajstić information content (AvgIpc) is 3.21. The van der Waals surface area contributed by atoms with E-state index in [4.69, 9.17) is 4.74 Å². The summed E-state index contributed by atoms with van der Waals surface area (Å²) in [5.41, 5.74) is 2.26. The number of aryl methyl sites for hydroxylation is 1. The first-order valence-electron chi connectivity index (χ1n) is 9.02. The molecule has 26 heavy (non-hydrogen) atoms. The standard InChI is InChI=1S/C20H24N4OS/c1-16-5-6-20(26-16)13-23-10-17(11-24-19(12-23)7-9-22-24)14-25-15-18-4-2-3-8-21-18/h2-9,17H,10-15H2,1H3/t17-/m1/s1. The number of rotatable bonds is 6. The Balaban J connectivity index is 1.40. The van der Waals surface area contributed by atoms with Gasteiger partial charge >= 0.3 is 0 Å². The van der Waals surface area contributed by atoms with E-state index in [9.17, 15) is 0 Å². The fourth-order valence-electron chi connectivity index (χ4n) is 3.45. The van der Waals surface area contributed by atoms with Crippen LogP contribution in [-0.4, -0.2) is 32.8 Å². The van der Waals surface area contributed by atoms with E-state index in [-0.39, 0.29) is 0 Å². The molecule has 3 aromatic rings. The lowest BCUT2D eigenvalue weighted by Crippen LogP contribution is -2.29. The summed E-state index contributed by atoms with van der Waals surface area (Å²) in [6, 6.07) is 12.5. The lowest BCUT2D eigenvalue weighted by atomic mass is 10.1. The van der Waals surface area contributed by atoms with Crippen LogP contribution in [0.2, 0.25) is 0 Å². The molecule has 0 N–H and O–H groups in total. The molecule has 5 nitrogen and oxygen atoms in total. The van der Waals surface area contributed by atoms with E-state index in [0.29, 0.717) is 12.5 Å². The lowest BCUT2D eigenvalue weighted by molar-refractivity contribution is 0.0642. The quantitative estimate of drug-likeness (QED) is 0.668. The SMILES string of the molecule is Cc1ccc(CN2Cc3ccnn3C[C@H](COCc3ccccn3)C2)s1. The molecule has 0 unspecified atom stereocenters. The van der Waals surface area contributed by atoms with Crippen LogP contribution in [-0.2, 0) is 31.0 Å². The molecule has 4 heterocycles. The third kappa shape index (κ3) is 4.38. The molecular formula is C20H24N4OS. The Hall–Kier alpha value is -2.02. The fraction of sp³-hybridized carbons (Fsp3) is 0.400. The first kappa shape index (κ1) is 17.4. The monoisotopic (exact) mass is 368 g/mol. The predicted octanol–water partition coefficient (Wildman–Crippen LogP) is 3.50. The van der Waals surface area contributed by atoms with Crippen molar-refractivity contribution in [2.75, 3.05) is 13.2 Å².